The number of nitrogens with two attached hydrogens (primary N) is 1. The van der Waals surface area contributed by atoms with Crippen LogP contribution in [0.4, 0.5) is 5.69 Å². The van der Waals surface area contributed by atoms with Gasteiger partial charge in [0.05, 0.1) is 0 Å². The van der Waals surface area contributed by atoms with Crippen molar-refractivity contribution >= 4 is 11.6 Å². The third kappa shape index (κ3) is 3.23. The van der Waals surface area contributed by atoms with E-state index in [0.29, 0.717) is 5.92 Å². The van der Waals surface area contributed by atoms with Crippen LogP contribution in [0.1, 0.15) is 69.6 Å². The lowest BCUT2D eigenvalue weighted by molar-refractivity contribution is -0.123. The summed E-state index contributed by atoms with van der Waals surface area (Å²) in [5.74, 6) is 5.86. The number of fused-ring (bicyclic) bond motifs is 1. The van der Waals surface area contributed by atoms with Crippen LogP contribution in [0.25, 0.3) is 0 Å². The van der Waals surface area contributed by atoms with E-state index < -0.39 is 0 Å². The normalized spacial score (nSPS) is 20.8. The topological polar surface area (TPSA) is 58.4 Å². The zero-order valence-corrected chi connectivity index (χ0v) is 15.4. The van der Waals surface area contributed by atoms with Crippen LogP contribution in [0, 0.1) is 13.8 Å². The molecule has 128 valence electrons. The van der Waals surface area contributed by atoms with Gasteiger partial charge in [0, 0.05) is 11.2 Å². The molecule has 3 N–H and O–H groups in total. The van der Waals surface area contributed by atoms with Crippen LogP contribution < -0.4 is 16.2 Å². The van der Waals surface area contributed by atoms with Crippen LogP contribution in [-0.4, -0.2) is 17.5 Å². The number of carbonyl (C=O) groups excluding carboxylic acids is 1. The van der Waals surface area contributed by atoms with E-state index in [0.717, 1.165) is 19.3 Å². The molecule has 2 atom stereocenters. The molecule has 0 bridgehead atoms. The smallest absolute Gasteiger partial charge is 0.256 e. The zero-order valence-electron chi connectivity index (χ0n) is 15.4. The predicted molar refractivity (Wildman–Crippen MR) is 96.5 cm³/mol. The van der Waals surface area contributed by atoms with Crippen LogP contribution in [0.3, 0.4) is 0 Å². The van der Waals surface area contributed by atoms with E-state index in [4.69, 9.17) is 5.84 Å². The lowest BCUT2D eigenvalue weighted by Gasteiger charge is -2.51. The van der Waals surface area contributed by atoms with Gasteiger partial charge >= 0.3 is 0 Å². The first-order valence-electron chi connectivity index (χ1n) is 8.63. The fourth-order valence-electron chi connectivity index (χ4n) is 4.05. The van der Waals surface area contributed by atoms with E-state index in [1.807, 2.05) is 0 Å². The number of amides is 1. The molecule has 0 aromatic heterocycles. The van der Waals surface area contributed by atoms with Crippen LogP contribution in [0.2, 0.25) is 0 Å². The second-order valence-corrected chi connectivity index (χ2v) is 7.60. The minimum atomic E-state index is -0.228. The van der Waals surface area contributed by atoms with Crippen molar-refractivity contribution in [3.63, 3.8) is 0 Å². The highest BCUT2D eigenvalue weighted by atomic mass is 16.2. The maximum atomic E-state index is 12.5. The minimum Gasteiger partial charge on any atom is -0.354 e. The number of hydrazine groups is 1. The first kappa shape index (κ1) is 17.8. The Labute approximate surface area is 140 Å². The predicted octanol–water partition coefficient (Wildman–Crippen LogP) is 3.55. The van der Waals surface area contributed by atoms with Crippen LogP contribution in [0.5, 0.6) is 0 Å². The van der Waals surface area contributed by atoms with E-state index in [1.165, 1.54) is 22.4 Å². The van der Waals surface area contributed by atoms with Crippen LogP contribution >= 0.6 is 0 Å². The fraction of sp³-hybridized carbons (Fsp3) is 0.632. The molecule has 0 aliphatic carbocycles. The molecule has 23 heavy (non-hydrogen) atoms. The standard InChI is InChI=1S/C19H31N3O/c1-7-8-16(18(23)21-20)22-17-10-13(3)12(2)9-15(17)14(4)11-19(22,5)6/h9-10,14,16H,7-8,11,20H2,1-6H3,(H,21,23)/t14-,16+/m1/s1. The highest BCUT2D eigenvalue weighted by Gasteiger charge is 2.42. The molecule has 0 radical (unpaired) electrons. The van der Waals surface area contributed by atoms with E-state index in [-0.39, 0.29) is 17.5 Å². The molecule has 4 nitrogen and oxygen atoms in total. The van der Waals surface area contributed by atoms with Crippen molar-refractivity contribution in [3.8, 4) is 0 Å². The number of nitrogens with one attached hydrogen (secondary N) is 1. The molecule has 1 aliphatic rings. The Morgan fingerprint density at radius 2 is 2.00 bits per heavy atom. The van der Waals surface area contributed by atoms with Crippen LogP contribution in [0.15, 0.2) is 12.1 Å². The largest absolute Gasteiger partial charge is 0.354 e. The zero-order chi connectivity index (χ0) is 17.4. The van der Waals surface area contributed by atoms with Crippen molar-refractivity contribution in [1.82, 2.24) is 5.43 Å². The molecule has 1 amide bonds. The molecule has 1 aromatic carbocycles. The molecular formula is C19H31N3O. The maximum absolute atomic E-state index is 12.5. The average molecular weight is 317 g/mol. The lowest BCUT2D eigenvalue weighted by Crippen LogP contribution is -2.59. The third-order valence-electron chi connectivity index (χ3n) is 5.21. The highest BCUT2D eigenvalue weighted by molar-refractivity contribution is 5.86. The Balaban J connectivity index is 2.62. The van der Waals surface area contributed by atoms with Gasteiger partial charge in [-0.25, -0.2) is 5.84 Å². The number of hydrogen-bond donors (Lipinski definition) is 2. The van der Waals surface area contributed by atoms with Crippen molar-refractivity contribution in [2.24, 2.45) is 5.84 Å². The van der Waals surface area contributed by atoms with Gasteiger partial charge in [0.1, 0.15) is 6.04 Å². The Hall–Kier alpha value is -1.55. The Morgan fingerprint density at radius 1 is 1.39 bits per heavy atom. The molecule has 0 unspecified atom stereocenters. The van der Waals surface area contributed by atoms with Gasteiger partial charge in [-0.15, -0.1) is 0 Å². The summed E-state index contributed by atoms with van der Waals surface area (Å²) < 4.78 is 0. The van der Waals surface area contributed by atoms with E-state index >= 15 is 0 Å². The molecule has 1 aromatic rings. The second kappa shape index (κ2) is 6.52. The summed E-state index contributed by atoms with van der Waals surface area (Å²) in [5.41, 5.74) is 7.41. The van der Waals surface area contributed by atoms with Gasteiger partial charge in [-0.1, -0.05) is 26.3 Å². The number of anilines is 1. The van der Waals surface area contributed by atoms with Crippen molar-refractivity contribution in [3.05, 3.63) is 28.8 Å². The quantitative estimate of drug-likeness (QED) is 0.507. The molecule has 0 saturated carbocycles. The average Bonchev–Trinajstić information content (AvgIpc) is 2.47. The number of carbonyl (C=O) groups is 1. The second-order valence-electron chi connectivity index (χ2n) is 7.60. The summed E-state index contributed by atoms with van der Waals surface area (Å²) in [7, 11) is 0. The maximum Gasteiger partial charge on any atom is 0.256 e. The van der Waals surface area contributed by atoms with Gasteiger partial charge in [-0.3, -0.25) is 10.2 Å². The van der Waals surface area contributed by atoms with E-state index in [9.17, 15) is 4.79 Å². The molecule has 0 fully saturated rings. The number of hydrogen-bond acceptors (Lipinski definition) is 3. The van der Waals surface area contributed by atoms with Gasteiger partial charge in [-0.05, 0) is 69.2 Å². The molecule has 0 spiro atoms. The number of rotatable bonds is 4. The molecule has 2 rings (SSSR count). The number of aryl methyl sites for hydroxylation is 2. The van der Waals surface area contributed by atoms with Gasteiger partial charge in [-0.2, -0.15) is 0 Å². The SMILES string of the molecule is CCC[C@@H](C(=O)NN)N1c2cc(C)c(C)cc2[C@H](C)CC1(C)C. The van der Waals surface area contributed by atoms with Crippen molar-refractivity contribution in [2.75, 3.05) is 4.90 Å². The van der Waals surface area contributed by atoms with Crippen molar-refractivity contribution in [2.45, 2.75) is 78.3 Å². The molecular weight excluding hydrogens is 286 g/mol. The van der Waals surface area contributed by atoms with Gasteiger partial charge in [0.15, 0.2) is 0 Å². The molecule has 4 heteroatoms. The summed E-state index contributed by atoms with van der Waals surface area (Å²) >= 11 is 0. The monoisotopic (exact) mass is 317 g/mol. The lowest BCUT2D eigenvalue weighted by atomic mass is 9.77. The van der Waals surface area contributed by atoms with Gasteiger partial charge in [0.25, 0.3) is 5.91 Å². The number of benzene rings is 1. The van der Waals surface area contributed by atoms with Crippen LogP contribution in [-0.2, 0) is 4.79 Å². The Morgan fingerprint density at radius 3 is 2.57 bits per heavy atom. The summed E-state index contributed by atoms with van der Waals surface area (Å²) in [6.07, 6.45) is 2.77. The van der Waals surface area contributed by atoms with Crippen molar-refractivity contribution < 1.29 is 4.79 Å². The summed E-state index contributed by atoms with van der Waals surface area (Å²) in [5, 5.41) is 0. The Bertz CT molecular complexity index is 595. The fourth-order valence-corrected chi connectivity index (χ4v) is 4.05. The highest BCUT2D eigenvalue weighted by Crippen LogP contribution is 2.45. The summed E-state index contributed by atoms with van der Waals surface area (Å²) in [6.45, 7) is 13.1. The van der Waals surface area contributed by atoms with Gasteiger partial charge in [0.2, 0.25) is 0 Å². The number of nitrogens with zero attached hydrogens (tertiary/aromatic N) is 1. The van der Waals surface area contributed by atoms with E-state index in [1.54, 1.807) is 0 Å². The third-order valence-corrected chi connectivity index (χ3v) is 5.21. The minimum absolute atomic E-state index is 0.0829. The van der Waals surface area contributed by atoms with E-state index in [2.05, 4.69) is 64.0 Å². The first-order valence-corrected chi connectivity index (χ1v) is 8.63. The summed E-state index contributed by atoms with van der Waals surface area (Å²) in [4.78, 5) is 14.8. The van der Waals surface area contributed by atoms with Crippen molar-refractivity contribution in [1.29, 1.82) is 0 Å². The summed E-state index contributed by atoms with van der Waals surface area (Å²) in [6, 6.07) is 4.31. The first-order chi connectivity index (χ1) is 10.7. The van der Waals surface area contributed by atoms with Gasteiger partial charge < -0.3 is 4.90 Å². The molecule has 1 heterocycles. The Kier molecular flexibility index (Phi) is 5.04. The molecule has 0 saturated heterocycles. The molecule has 1 aliphatic heterocycles.